The van der Waals surface area contributed by atoms with E-state index in [-0.39, 0.29) is 11.9 Å². The Morgan fingerprint density at radius 1 is 1.29 bits per heavy atom. The Balaban J connectivity index is 2.33. The highest BCUT2D eigenvalue weighted by Crippen LogP contribution is 2.32. The first kappa shape index (κ1) is 15.1. The van der Waals surface area contributed by atoms with Gasteiger partial charge in [0.05, 0.1) is 36.3 Å². The molecule has 0 fully saturated rings. The zero-order valence-electron chi connectivity index (χ0n) is 12.7. The molecule has 2 rings (SSSR count). The monoisotopic (exact) mass is 289 g/mol. The van der Waals surface area contributed by atoms with Crippen LogP contribution in [-0.2, 0) is 0 Å². The summed E-state index contributed by atoms with van der Waals surface area (Å²) in [5.74, 6) is 0.245. The molecular formula is C16H20FN3O. The van der Waals surface area contributed by atoms with E-state index in [0.717, 1.165) is 11.4 Å². The lowest BCUT2D eigenvalue weighted by molar-refractivity contribution is 0.402. The summed E-state index contributed by atoms with van der Waals surface area (Å²) in [6.07, 6.45) is 3.47. The summed E-state index contributed by atoms with van der Waals surface area (Å²) in [7, 11) is 5.45. The van der Waals surface area contributed by atoms with Gasteiger partial charge in [0.15, 0.2) is 0 Å². The van der Waals surface area contributed by atoms with Gasteiger partial charge in [0.25, 0.3) is 0 Å². The fraction of sp³-hybridized carbons (Fsp3) is 0.312. The maximum absolute atomic E-state index is 14.1. The van der Waals surface area contributed by atoms with E-state index >= 15 is 0 Å². The Morgan fingerprint density at radius 2 is 2.05 bits per heavy atom. The molecule has 0 bridgehead atoms. The Bertz CT molecular complexity index is 616. The van der Waals surface area contributed by atoms with Crippen LogP contribution in [0.1, 0.15) is 18.5 Å². The van der Waals surface area contributed by atoms with Gasteiger partial charge in [0.2, 0.25) is 0 Å². The molecule has 0 aliphatic carbocycles. The van der Waals surface area contributed by atoms with E-state index in [0.29, 0.717) is 11.3 Å². The second-order valence-electron chi connectivity index (χ2n) is 5.01. The van der Waals surface area contributed by atoms with Gasteiger partial charge < -0.3 is 15.0 Å². The highest BCUT2D eigenvalue weighted by atomic mass is 19.1. The van der Waals surface area contributed by atoms with Crippen LogP contribution < -0.4 is 15.0 Å². The molecule has 21 heavy (non-hydrogen) atoms. The van der Waals surface area contributed by atoms with Gasteiger partial charge in [0, 0.05) is 20.3 Å². The minimum absolute atomic E-state index is 0.246. The molecule has 1 aromatic heterocycles. The lowest BCUT2D eigenvalue weighted by Crippen LogP contribution is -2.15. The standard InChI is InChI=1S/C16H20FN3O/c1-11(16-12(17)6-5-7-15(16)21-4)19-13-10-18-9-8-14(13)20(2)3/h5-11,19H,1-4H3. The molecule has 112 valence electrons. The lowest BCUT2D eigenvalue weighted by Gasteiger charge is -2.23. The zero-order chi connectivity index (χ0) is 15.4. The Hall–Kier alpha value is -2.30. The summed E-state index contributed by atoms with van der Waals surface area (Å²) < 4.78 is 19.4. The van der Waals surface area contributed by atoms with Crippen molar-refractivity contribution in [2.75, 3.05) is 31.4 Å². The molecule has 1 N–H and O–H groups in total. The molecule has 0 aliphatic rings. The molecule has 0 amide bonds. The topological polar surface area (TPSA) is 37.4 Å². The smallest absolute Gasteiger partial charge is 0.132 e. The van der Waals surface area contributed by atoms with Crippen molar-refractivity contribution in [1.82, 2.24) is 4.98 Å². The molecular weight excluding hydrogens is 269 g/mol. The van der Waals surface area contributed by atoms with E-state index in [1.165, 1.54) is 6.07 Å². The van der Waals surface area contributed by atoms with Gasteiger partial charge in [0.1, 0.15) is 11.6 Å². The van der Waals surface area contributed by atoms with E-state index < -0.39 is 0 Å². The van der Waals surface area contributed by atoms with Gasteiger partial charge >= 0.3 is 0 Å². The van der Waals surface area contributed by atoms with Crippen LogP contribution in [0.25, 0.3) is 0 Å². The largest absolute Gasteiger partial charge is 0.496 e. The summed E-state index contributed by atoms with van der Waals surface area (Å²) in [5.41, 5.74) is 2.35. The summed E-state index contributed by atoms with van der Waals surface area (Å²) >= 11 is 0. The normalized spacial score (nSPS) is 11.9. The van der Waals surface area contributed by atoms with E-state index in [1.54, 1.807) is 31.6 Å². The molecule has 1 heterocycles. The third kappa shape index (κ3) is 3.24. The van der Waals surface area contributed by atoms with Gasteiger partial charge in [-0.3, -0.25) is 4.98 Å². The van der Waals surface area contributed by atoms with Crippen LogP contribution in [-0.4, -0.2) is 26.2 Å². The van der Waals surface area contributed by atoms with Gasteiger partial charge in [-0.05, 0) is 25.1 Å². The highest BCUT2D eigenvalue weighted by Gasteiger charge is 2.17. The molecule has 0 saturated carbocycles. The predicted octanol–water partition coefficient (Wildman–Crippen LogP) is 3.47. The Labute approximate surface area is 124 Å². The zero-order valence-corrected chi connectivity index (χ0v) is 12.7. The number of halogens is 1. The van der Waals surface area contributed by atoms with Crippen molar-refractivity contribution in [3.05, 3.63) is 48.0 Å². The number of ether oxygens (including phenoxy) is 1. The second kappa shape index (κ2) is 6.43. The summed E-state index contributed by atoms with van der Waals surface area (Å²) in [5, 5.41) is 3.30. The van der Waals surface area contributed by atoms with Gasteiger partial charge in [-0.1, -0.05) is 6.07 Å². The Kier molecular flexibility index (Phi) is 4.62. The fourth-order valence-corrected chi connectivity index (χ4v) is 2.31. The van der Waals surface area contributed by atoms with Crippen molar-refractivity contribution < 1.29 is 9.13 Å². The van der Waals surface area contributed by atoms with Crippen molar-refractivity contribution >= 4 is 11.4 Å². The van der Waals surface area contributed by atoms with Crippen LogP contribution in [0.4, 0.5) is 15.8 Å². The molecule has 1 unspecified atom stereocenters. The molecule has 4 nitrogen and oxygen atoms in total. The van der Waals surface area contributed by atoms with Crippen LogP contribution >= 0.6 is 0 Å². The predicted molar refractivity (Wildman–Crippen MR) is 83.6 cm³/mol. The van der Waals surface area contributed by atoms with E-state index in [1.807, 2.05) is 32.0 Å². The first-order valence-corrected chi connectivity index (χ1v) is 6.75. The molecule has 0 saturated heterocycles. The molecule has 5 heteroatoms. The molecule has 0 radical (unpaired) electrons. The number of hydrogen-bond donors (Lipinski definition) is 1. The van der Waals surface area contributed by atoms with Gasteiger partial charge in [-0.25, -0.2) is 4.39 Å². The average molecular weight is 289 g/mol. The second-order valence-corrected chi connectivity index (χ2v) is 5.01. The molecule has 1 aromatic carbocycles. The third-order valence-corrected chi connectivity index (χ3v) is 3.32. The maximum Gasteiger partial charge on any atom is 0.132 e. The number of pyridine rings is 1. The van der Waals surface area contributed by atoms with E-state index in [4.69, 9.17) is 4.74 Å². The number of aromatic nitrogens is 1. The van der Waals surface area contributed by atoms with Crippen molar-refractivity contribution in [1.29, 1.82) is 0 Å². The number of methoxy groups -OCH3 is 1. The minimum atomic E-state index is -0.287. The van der Waals surface area contributed by atoms with Crippen LogP contribution in [0.3, 0.4) is 0 Å². The number of hydrogen-bond acceptors (Lipinski definition) is 4. The molecule has 1 atom stereocenters. The average Bonchev–Trinajstić information content (AvgIpc) is 2.47. The number of nitrogens with one attached hydrogen (secondary N) is 1. The van der Waals surface area contributed by atoms with E-state index in [9.17, 15) is 4.39 Å². The quantitative estimate of drug-likeness (QED) is 0.914. The first-order chi connectivity index (χ1) is 10.0. The summed E-state index contributed by atoms with van der Waals surface area (Å²) in [4.78, 5) is 6.11. The van der Waals surface area contributed by atoms with Crippen LogP contribution in [0.5, 0.6) is 5.75 Å². The fourth-order valence-electron chi connectivity index (χ4n) is 2.31. The highest BCUT2D eigenvalue weighted by molar-refractivity contribution is 5.68. The van der Waals surface area contributed by atoms with Crippen LogP contribution in [0.15, 0.2) is 36.7 Å². The Morgan fingerprint density at radius 3 is 2.71 bits per heavy atom. The number of benzene rings is 1. The minimum Gasteiger partial charge on any atom is -0.496 e. The third-order valence-electron chi connectivity index (χ3n) is 3.32. The summed E-state index contributed by atoms with van der Waals surface area (Å²) in [6.45, 7) is 1.90. The van der Waals surface area contributed by atoms with Crippen LogP contribution in [0, 0.1) is 5.82 Å². The number of nitrogens with zero attached hydrogens (tertiary/aromatic N) is 2. The van der Waals surface area contributed by atoms with Crippen molar-refractivity contribution in [3.8, 4) is 5.75 Å². The molecule has 2 aromatic rings. The number of rotatable bonds is 5. The van der Waals surface area contributed by atoms with Crippen LogP contribution in [0.2, 0.25) is 0 Å². The lowest BCUT2D eigenvalue weighted by atomic mass is 10.1. The van der Waals surface area contributed by atoms with E-state index in [2.05, 4.69) is 10.3 Å². The van der Waals surface area contributed by atoms with Crippen molar-refractivity contribution in [2.24, 2.45) is 0 Å². The molecule has 0 aliphatic heterocycles. The number of anilines is 2. The SMILES string of the molecule is COc1cccc(F)c1C(C)Nc1cnccc1N(C)C. The maximum atomic E-state index is 14.1. The molecule has 0 spiro atoms. The van der Waals surface area contributed by atoms with Crippen molar-refractivity contribution in [2.45, 2.75) is 13.0 Å². The first-order valence-electron chi connectivity index (χ1n) is 6.75. The summed E-state index contributed by atoms with van der Waals surface area (Å²) in [6, 6.07) is 6.50. The van der Waals surface area contributed by atoms with Gasteiger partial charge in [-0.15, -0.1) is 0 Å². The van der Waals surface area contributed by atoms with Gasteiger partial charge in [-0.2, -0.15) is 0 Å². The van der Waals surface area contributed by atoms with Crippen molar-refractivity contribution in [3.63, 3.8) is 0 Å².